The highest BCUT2D eigenvalue weighted by Gasteiger charge is 2.33. The Labute approximate surface area is 125 Å². The monoisotopic (exact) mass is 310 g/mol. The maximum Gasteiger partial charge on any atom is 0.335 e. The van der Waals surface area contributed by atoms with Gasteiger partial charge in [0.1, 0.15) is 0 Å². The molecular weight excluding hydrogens is 290 g/mol. The van der Waals surface area contributed by atoms with Gasteiger partial charge in [0.15, 0.2) is 0 Å². The second-order valence-electron chi connectivity index (χ2n) is 6.11. The smallest absolute Gasteiger partial charge is 0.335 e. The van der Waals surface area contributed by atoms with Gasteiger partial charge in [0.2, 0.25) is 9.04 Å². The number of carbonyl (C=O) groups is 1. The number of aromatic carboxylic acids is 1. The van der Waals surface area contributed by atoms with E-state index in [4.69, 9.17) is 9.53 Å². The molecule has 1 N–H and O–H groups in total. The third-order valence-corrected chi connectivity index (χ3v) is 3.60. The van der Waals surface area contributed by atoms with Crippen molar-refractivity contribution < 1.29 is 19.3 Å². The summed E-state index contributed by atoms with van der Waals surface area (Å²) in [6, 6.07) is 3.96. The Hall–Kier alpha value is -1.73. The van der Waals surface area contributed by atoms with E-state index in [1.165, 1.54) is 12.1 Å². The summed E-state index contributed by atoms with van der Waals surface area (Å²) in [5, 5.41) is 20.3. The SMILES string of the molecule is C[Si](C)OC(c1ccc(C(=O)O)cc1[N+](=O)[O-])C(C)(C)C. The summed E-state index contributed by atoms with van der Waals surface area (Å²) < 4.78 is 5.94. The van der Waals surface area contributed by atoms with Gasteiger partial charge in [0.25, 0.3) is 5.69 Å². The van der Waals surface area contributed by atoms with Crippen molar-refractivity contribution >= 4 is 20.7 Å². The number of hydrogen-bond acceptors (Lipinski definition) is 4. The Morgan fingerprint density at radius 2 is 1.95 bits per heavy atom. The molecule has 6 nitrogen and oxygen atoms in total. The second kappa shape index (κ2) is 6.36. The van der Waals surface area contributed by atoms with Crippen molar-refractivity contribution in [3.05, 3.63) is 39.4 Å². The van der Waals surface area contributed by atoms with Crippen LogP contribution in [0.3, 0.4) is 0 Å². The van der Waals surface area contributed by atoms with Gasteiger partial charge in [-0.3, -0.25) is 10.1 Å². The number of benzene rings is 1. The molecular formula is C14H20NO5Si. The third-order valence-electron chi connectivity index (χ3n) is 2.90. The lowest BCUT2D eigenvalue weighted by Gasteiger charge is -2.32. The Morgan fingerprint density at radius 3 is 2.33 bits per heavy atom. The molecule has 1 atom stereocenters. The van der Waals surface area contributed by atoms with E-state index < -0.39 is 26.0 Å². The number of carboxylic acids is 1. The average Bonchev–Trinajstić information content (AvgIpc) is 2.33. The van der Waals surface area contributed by atoms with Crippen LogP contribution in [0.4, 0.5) is 5.69 Å². The molecule has 0 saturated heterocycles. The van der Waals surface area contributed by atoms with E-state index in [1.54, 1.807) is 0 Å². The molecule has 0 spiro atoms. The predicted molar refractivity (Wildman–Crippen MR) is 80.8 cm³/mol. The van der Waals surface area contributed by atoms with Crippen LogP contribution in [0.1, 0.15) is 42.8 Å². The van der Waals surface area contributed by atoms with Crippen molar-refractivity contribution in [2.24, 2.45) is 5.41 Å². The van der Waals surface area contributed by atoms with Crippen molar-refractivity contribution in [3.63, 3.8) is 0 Å². The van der Waals surface area contributed by atoms with Crippen LogP contribution in [-0.4, -0.2) is 25.0 Å². The lowest BCUT2D eigenvalue weighted by atomic mass is 9.84. The van der Waals surface area contributed by atoms with E-state index >= 15 is 0 Å². The lowest BCUT2D eigenvalue weighted by Crippen LogP contribution is -2.26. The molecule has 1 aromatic carbocycles. The van der Waals surface area contributed by atoms with Crippen molar-refractivity contribution in [2.75, 3.05) is 0 Å². The topological polar surface area (TPSA) is 89.7 Å². The van der Waals surface area contributed by atoms with Crippen LogP contribution in [0.25, 0.3) is 0 Å². The summed E-state index contributed by atoms with van der Waals surface area (Å²) in [7, 11) is -1.07. The molecule has 1 radical (unpaired) electrons. The molecule has 1 aromatic rings. The van der Waals surface area contributed by atoms with Gasteiger partial charge < -0.3 is 9.53 Å². The van der Waals surface area contributed by atoms with Crippen molar-refractivity contribution in [3.8, 4) is 0 Å². The molecule has 0 amide bonds. The number of nitro benzene ring substituents is 1. The van der Waals surface area contributed by atoms with Crippen LogP contribution in [0.2, 0.25) is 13.1 Å². The molecule has 1 unspecified atom stereocenters. The number of carboxylic acid groups (broad SMARTS) is 1. The third kappa shape index (κ3) is 4.37. The normalized spacial score (nSPS) is 13.2. The van der Waals surface area contributed by atoms with Gasteiger partial charge in [-0.25, -0.2) is 4.79 Å². The van der Waals surface area contributed by atoms with E-state index in [1.807, 2.05) is 33.9 Å². The maximum absolute atomic E-state index is 11.3. The van der Waals surface area contributed by atoms with Crippen LogP contribution in [0.5, 0.6) is 0 Å². The molecule has 0 fully saturated rings. The zero-order chi connectivity index (χ0) is 16.4. The van der Waals surface area contributed by atoms with Gasteiger partial charge in [0, 0.05) is 6.07 Å². The standard InChI is InChI=1S/C14H20NO5Si/c1-14(2,3)12(20-21(4)5)10-7-6-9(13(16)17)8-11(10)15(18)19/h6-8,12H,1-5H3,(H,16,17). The van der Waals surface area contributed by atoms with Gasteiger partial charge in [-0.1, -0.05) is 20.8 Å². The highest BCUT2D eigenvalue weighted by molar-refractivity contribution is 6.48. The first-order chi connectivity index (χ1) is 9.54. The summed E-state index contributed by atoms with van der Waals surface area (Å²) in [6.45, 7) is 9.74. The first-order valence-electron chi connectivity index (χ1n) is 6.52. The number of nitro groups is 1. The Morgan fingerprint density at radius 1 is 1.38 bits per heavy atom. The van der Waals surface area contributed by atoms with E-state index in [-0.39, 0.29) is 16.7 Å². The molecule has 0 bridgehead atoms. The predicted octanol–water partition coefficient (Wildman–Crippen LogP) is 3.65. The second-order valence-corrected chi connectivity index (χ2v) is 8.16. The first-order valence-corrected chi connectivity index (χ1v) is 8.93. The van der Waals surface area contributed by atoms with Crippen LogP contribution in [0, 0.1) is 15.5 Å². The Balaban J connectivity index is 3.43. The van der Waals surface area contributed by atoms with Gasteiger partial charge in [-0.05, 0) is 30.6 Å². The summed E-state index contributed by atoms with van der Waals surface area (Å²) >= 11 is 0. The zero-order valence-corrected chi connectivity index (χ0v) is 13.8. The van der Waals surface area contributed by atoms with E-state index in [2.05, 4.69) is 0 Å². The largest absolute Gasteiger partial charge is 0.478 e. The van der Waals surface area contributed by atoms with Crippen molar-refractivity contribution in [1.82, 2.24) is 0 Å². The molecule has 0 aliphatic rings. The quantitative estimate of drug-likeness (QED) is 0.509. The maximum atomic E-state index is 11.3. The van der Waals surface area contributed by atoms with Crippen LogP contribution in [-0.2, 0) is 4.43 Å². The summed E-state index contributed by atoms with van der Waals surface area (Å²) in [4.78, 5) is 21.7. The van der Waals surface area contributed by atoms with Crippen molar-refractivity contribution in [2.45, 2.75) is 40.0 Å². The van der Waals surface area contributed by atoms with Crippen LogP contribution < -0.4 is 0 Å². The van der Waals surface area contributed by atoms with Gasteiger partial charge in [-0.2, -0.15) is 0 Å². The fourth-order valence-corrected chi connectivity index (χ4v) is 2.95. The van der Waals surface area contributed by atoms with E-state index in [0.717, 1.165) is 6.07 Å². The molecule has 0 saturated carbocycles. The molecule has 7 heteroatoms. The highest BCUT2D eigenvalue weighted by atomic mass is 28.3. The molecule has 1 rings (SSSR count). The minimum Gasteiger partial charge on any atom is -0.478 e. The Kier molecular flexibility index (Phi) is 5.24. The summed E-state index contributed by atoms with van der Waals surface area (Å²) in [5.74, 6) is -1.19. The van der Waals surface area contributed by atoms with E-state index in [9.17, 15) is 14.9 Å². The summed E-state index contributed by atoms with van der Waals surface area (Å²) in [6.07, 6.45) is -0.454. The summed E-state index contributed by atoms with van der Waals surface area (Å²) in [5.41, 5.74) is -0.226. The highest BCUT2D eigenvalue weighted by Crippen LogP contribution is 2.40. The molecule has 0 aliphatic heterocycles. The van der Waals surface area contributed by atoms with E-state index in [0.29, 0.717) is 5.56 Å². The fourth-order valence-electron chi connectivity index (χ4n) is 2.00. The minimum atomic E-state index is -1.19. The fraction of sp³-hybridized carbons (Fsp3) is 0.500. The first kappa shape index (κ1) is 17.3. The molecule has 21 heavy (non-hydrogen) atoms. The number of rotatable bonds is 5. The van der Waals surface area contributed by atoms with Crippen molar-refractivity contribution in [1.29, 1.82) is 0 Å². The van der Waals surface area contributed by atoms with Crippen LogP contribution in [0.15, 0.2) is 18.2 Å². The zero-order valence-electron chi connectivity index (χ0n) is 12.8. The van der Waals surface area contributed by atoms with Gasteiger partial charge in [0.05, 0.1) is 22.2 Å². The van der Waals surface area contributed by atoms with Crippen LogP contribution >= 0.6 is 0 Å². The minimum absolute atomic E-state index is 0.100. The van der Waals surface area contributed by atoms with Gasteiger partial charge in [-0.15, -0.1) is 0 Å². The number of nitrogens with zero attached hydrogens (tertiary/aromatic N) is 1. The molecule has 115 valence electrons. The number of hydrogen-bond donors (Lipinski definition) is 1. The van der Waals surface area contributed by atoms with Gasteiger partial charge >= 0.3 is 5.97 Å². The lowest BCUT2D eigenvalue weighted by molar-refractivity contribution is -0.386. The average molecular weight is 310 g/mol. The molecule has 0 aromatic heterocycles. The molecule has 0 heterocycles. The Bertz CT molecular complexity index is 551. The molecule has 0 aliphatic carbocycles.